The van der Waals surface area contributed by atoms with E-state index in [0.29, 0.717) is 6.04 Å². The Balaban J connectivity index is 2.25. The summed E-state index contributed by atoms with van der Waals surface area (Å²) < 4.78 is 1.21. The molecule has 0 aliphatic carbocycles. The van der Waals surface area contributed by atoms with Crippen LogP contribution in [0.25, 0.3) is 0 Å². The highest BCUT2D eigenvalue weighted by molar-refractivity contribution is 14.1. The summed E-state index contributed by atoms with van der Waals surface area (Å²) in [6, 6.07) is 2.48. The number of hydrogen-bond acceptors (Lipinski definition) is 3. The molecule has 1 aromatic rings. The molecule has 0 spiro atoms. The van der Waals surface area contributed by atoms with Crippen molar-refractivity contribution in [3.63, 3.8) is 0 Å². The molecule has 1 aliphatic heterocycles. The molecule has 1 saturated heterocycles. The fourth-order valence-corrected chi connectivity index (χ4v) is 1.84. The SMILES string of the molecule is Cc1ncc([C@@H]2CCON2)cc1I. The summed E-state index contributed by atoms with van der Waals surface area (Å²) in [6.07, 6.45) is 2.95. The number of aryl methyl sites for hydroxylation is 1. The van der Waals surface area contributed by atoms with E-state index >= 15 is 0 Å². The van der Waals surface area contributed by atoms with Crippen molar-refractivity contribution in [1.29, 1.82) is 0 Å². The van der Waals surface area contributed by atoms with Gasteiger partial charge in [-0.2, -0.15) is 5.48 Å². The van der Waals surface area contributed by atoms with Crippen LogP contribution < -0.4 is 5.48 Å². The lowest BCUT2D eigenvalue weighted by Gasteiger charge is -2.09. The number of pyridine rings is 1. The Morgan fingerprint density at radius 1 is 1.69 bits per heavy atom. The molecule has 0 bridgehead atoms. The molecule has 13 heavy (non-hydrogen) atoms. The zero-order valence-corrected chi connectivity index (χ0v) is 9.54. The summed E-state index contributed by atoms with van der Waals surface area (Å²) in [6.45, 7) is 2.80. The van der Waals surface area contributed by atoms with Crippen molar-refractivity contribution in [3.05, 3.63) is 27.1 Å². The molecule has 1 aliphatic rings. The smallest absolute Gasteiger partial charge is 0.0701 e. The maximum absolute atomic E-state index is 5.10. The molecule has 0 aromatic carbocycles. The lowest BCUT2D eigenvalue weighted by molar-refractivity contribution is 0.0882. The monoisotopic (exact) mass is 290 g/mol. The first-order valence-electron chi connectivity index (χ1n) is 4.27. The molecule has 2 heterocycles. The summed E-state index contributed by atoms with van der Waals surface area (Å²) in [5, 5.41) is 0. The molecular formula is C9H11IN2O. The second kappa shape index (κ2) is 3.89. The summed E-state index contributed by atoms with van der Waals surface area (Å²) >= 11 is 2.31. The predicted octanol–water partition coefficient (Wildman–Crippen LogP) is 1.96. The summed E-state index contributed by atoms with van der Waals surface area (Å²) in [5.41, 5.74) is 5.28. The fourth-order valence-electron chi connectivity index (χ4n) is 1.34. The summed E-state index contributed by atoms with van der Waals surface area (Å²) in [7, 11) is 0. The molecule has 1 aromatic heterocycles. The van der Waals surface area contributed by atoms with E-state index in [9.17, 15) is 0 Å². The van der Waals surface area contributed by atoms with Crippen LogP contribution in [0.5, 0.6) is 0 Å². The molecule has 70 valence electrons. The third-order valence-electron chi connectivity index (χ3n) is 2.18. The maximum atomic E-state index is 5.10. The van der Waals surface area contributed by atoms with Crippen LogP contribution in [0.4, 0.5) is 0 Å². The van der Waals surface area contributed by atoms with Gasteiger partial charge in [0.25, 0.3) is 0 Å². The molecule has 3 nitrogen and oxygen atoms in total. The number of aromatic nitrogens is 1. The molecule has 1 atom stereocenters. The van der Waals surface area contributed by atoms with Gasteiger partial charge in [-0.05, 0) is 47.6 Å². The number of nitrogens with one attached hydrogen (secondary N) is 1. The van der Waals surface area contributed by atoms with Gasteiger partial charge in [-0.3, -0.25) is 4.98 Å². The molecule has 0 saturated carbocycles. The molecule has 2 rings (SSSR count). The Hall–Kier alpha value is -0.200. The van der Waals surface area contributed by atoms with Crippen LogP contribution in [0.1, 0.15) is 23.7 Å². The van der Waals surface area contributed by atoms with Crippen LogP contribution in [-0.4, -0.2) is 11.6 Å². The van der Waals surface area contributed by atoms with Gasteiger partial charge < -0.3 is 4.84 Å². The average molecular weight is 290 g/mol. The van der Waals surface area contributed by atoms with Gasteiger partial charge in [0.1, 0.15) is 0 Å². The number of rotatable bonds is 1. The van der Waals surface area contributed by atoms with E-state index in [1.807, 2.05) is 13.1 Å². The van der Waals surface area contributed by atoms with E-state index < -0.39 is 0 Å². The summed E-state index contributed by atoms with van der Waals surface area (Å²) in [4.78, 5) is 9.42. The quantitative estimate of drug-likeness (QED) is 0.803. The van der Waals surface area contributed by atoms with Crippen molar-refractivity contribution in [3.8, 4) is 0 Å². The van der Waals surface area contributed by atoms with E-state index in [1.165, 1.54) is 9.13 Å². The standard InChI is InChI=1S/C9H11IN2O/c1-6-8(10)4-7(5-11-6)9-2-3-13-12-9/h4-5,9,12H,2-3H2,1H3/t9-/m0/s1. The number of nitrogens with zero attached hydrogens (tertiary/aromatic N) is 1. The van der Waals surface area contributed by atoms with E-state index in [4.69, 9.17) is 4.84 Å². The lowest BCUT2D eigenvalue weighted by Crippen LogP contribution is -2.12. The van der Waals surface area contributed by atoms with Crippen molar-refractivity contribution >= 4 is 22.6 Å². The summed E-state index contributed by atoms with van der Waals surface area (Å²) in [5.74, 6) is 0. The van der Waals surface area contributed by atoms with Gasteiger partial charge in [0.2, 0.25) is 0 Å². The molecular weight excluding hydrogens is 279 g/mol. The van der Waals surface area contributed by atoms with Gasteiger partial charge in [0.05, 0.1) is 18.3 Å². The molecule has 1 N–H and O–H groups in total. The van der Waals surface area contributed by atoms with E-state index in [2.05, 4.69) is 39.1 Å². The third kappa shape index (κ3) is 2.00. The highest BCUT2D eigenvalue weighted by Gasteiger charge is 2.17. The molecule has 0 amide bonds. The van der Waals surface area contributed by atoms with Crippen LogP contribution in [0, 0.1) is 10.5 Å². The van der Waals surface area contributed by atoms with Crippen LogP contribution >= 0.6 is 22.6 Å². The van der Waals surface area contributed by atoms with E-state index in [0.717, 1.165) is 18.7 Å². The minimum atomic E-state index is 0.321. The van der Waals surface area contributed by atoms with Crippen molar-refractivity contribution < 1.29 is 4.84 Å². The van der Waals surface area contributed by atoms with Crippen LogP contribution in [0.15, 0.2) is 12.3 Å². The Morgan fingerprint density at radius 2 is 2.54 bits per heavy atom. The van der Waals surface area contributed by atoms with Gasteiger partial charge in [-0.15, -0.1) is 0 Å². The fraction of sp³-hybridized carbons (Fsp3) is 0.444. The van der Waals surface area contributed by atoms with Gasteiger partial charge >= 0.3 is 0 Å². The predicted molar refractivity (Wildman–Crippen MR) is 58.1 cm³/mol. The Morgan fingerprint density at radius 3 is 3.15 bits per heavy atom. The average Bonchev–Trinajstić information content (AvgIpc) is 2.62. The van der Waals surface area contributed by atoms with Crippen molar-refractivity contribution in [2.24, 2.45) is 0 Å². The van der Waals surface area contributed by atoms with E-state index in [1.54, 1.807) is 0 Å². The minimum absolute atomic E-state index is 0.321. The van der Waals surface area contributed by atoms with Crippen LogP contribution in [0.3, 0.4) is 0 Å². The second-order valence-electron chi connectivity index (χ2n) is 3.14. The van der Waals surface area contributed by atoms with Crippen molar-refractivity contribution in [2.45, 2.75) is 19.4 Å². The minimum Gasteiger partial charge on any atom is -0.301 e. The van der Waals surface area contributed by atoms with Crippen LogP contribution in [-0.2, 0) is 4.84 Å². The third-order valence-corrected chi connectivity index (χ3v) is 3.27. The maximum Gasteiger partial charge on any atom is 0.0701 e. The topological polar surface area (TPSA) is 34.1 Å². The first kappa shape index (κ1) is 9.36. The van der Waals surface area contributed by atoms with Crippen LogP contribution in [0.2, 0.25) is 0 Å². The zero-order chi connectivity index (χ0) is 9.26. The highest BCUT2D eigenvalue weighted by Crippen LogP contribution is 2.22. The van der Waals surface area contributed by atoms with Crippen molar-refractivity contribution in [2.75, 3.05) is 6.61 Å². The largest absolute Gasteiger partial charge is 0.301 e. The van der Waals surface area contributed by atoms with Crippen molar-refractivity contribution in [1.82, 2.24) is 10.5 Å². The molecule has 0 unspecified atom stereocenters. The number of hydroxylamine groups is 1. The number of halogens is 1. The van der Waals surface area contributed by atoms with Gasteiger partial charge in [-0.25, -0.2) is 0 Å². The van der Waals surface area contributed by atoms with Gasteiger partial charge in [-0.1, -0.05) is 0 Å². The van der Waals surface area contributed by atoms with E-state index in [-0.39, 0.29) is 0 Å². The molecule has 1 fully saturated rings. The first-order chi connectivity index (χ1) is 6.27. The number of hydrogen-bond donors (Lipinski definition) is 1. The van der Waals surface area contributed by atoms with Gasteiger partial charge in [0.15, 0.2) is 0 Å². The Bertz CT molecular complexity index is 310. The lowest BCUT2D eigenvalue weighted by atomic mass is 10.1. The highest BCUT2D eigenvalue weighted by atomic mass is 127. The zero-order valence-electron chi connectivity index (χ0n) is 7.38. The Labute approximate surface area is 91.0 Å². The normalized spacial score (nSPS) is 22.2. The Kier molecular flexibility index (Phi) is 2.80. The molecule has 0 radical (unpaired) electrons. The first-order valence-corrected chi connectivity index (χ1v) is 5.34. The van der Waals surface area contributed by atoms with Gasteiger partial charge in [0, 0.05) is 9.77 Å². The second-order valence-corrected chi connectivity index (χ2v) is 4.31. The molecule has 4 heteroatoms.